The zero-order chi connectivity index (χ0) is 13.0. The predicted molar refractivity (Wildman–Crippen MR) is 75.7 cm³/mol. The van der Waals surface area contributed by atoms with Crippen molar-refractivity contribution in [3.8, 4) is 0 Å². The van der Waals surface area contributed by atoms with Crippen molar-refractivity contribution < 1.29 is 5.11 Å². The second-order valence-corrected chi connectivity index (χ2v) is 6.32. The SMILES string of the molecule is CCCNC1(CO)CCC(N2CCC(CC)C2)C1. The Bertz CT molecular complexity index is 259. The van der Waals surface area contributed by atoms with E-state index in [1.807, 2.05) is 0 Å². The summed E-state index contributed by atoms with van der Waals surface area (Å²) in [5.41, 5.74) is 0.0188. The quantitative estimate of drug-likeness (QED) is 0.761. The zero-order valence-electron chi connectivity index (χ0n) is 12.1. The van der Waals surface area contributed by atoms with Crippen LogP contribution < -0.4 is 5.32 Å². The van der Waals surface area contributed by atoms with E-state index in [9.17, 15) is 5.11 Å². The van der Waals surface area contributed by atoms with Gasteiger partial charge in [0.2, 0.25) is 0 Å². The lowest BCUT2D eigenvalue weighted by Gasteiger charge is -2.30. The number of likely N-dealkylation sites (tertiary alicyclic amines) is 1. The van der Waals surface area contributed by atoms with E-state index in [2.05, 4.69) is 24.1 Å². The second-order valence-electron chi connectivity index (χ2n) is 6.32. The van der Waals surface area contributed by atoms with Gasteiger partial charge in [0.15, 0.2) is 0 Å². The van der Waals surface area contributed by atoms with E-state index in [-0.39, 0.29) is 5.54 Å². The van der Waals surface area contributed by atoms with Crippen molar-refractivity contribution in [3.05, 3.63) is 0 Å². The van der Waals surface area contributed by atoms with Crippen molar-refractivity contribution >= 4 is 0 Å². The summed E-state index contributed by atoms with van der Waals surface area (Å²) in [5.74, 6) is 0.915. The molecule has 1 saturated carbocycles. The average molecular weight is 254 g/mol. The molecule has 2 rings (SSSR count). The molecule has 0 radical (unpaired) electrons. The molecule has 0 aromatic rings. The first-order chi connectivity index (χ1) is 8.73. The molecule has 1 aliphatic carbocycles. The van der Waals surface area contributed by atoms with Gasteiger partial charge in [-0.25, -0.2) is 0 Å². The van der Waals surface area contributed by atoms with Crippen molar-refractivity contribution in [1.82, 2.24) is 10.2 Å². The molecule has 0 aromatic carbocycles. The van der Waals surface area contributed by atoms with E-state index in [1.54, 1.807) is 0 Å². The number of nitrogens with zero attached hydrogens (tertiary/aromatic N) is 1. The summed E-state index contributed by atoms with van der Waals surface area (Å²) in [4.78, 5) is 2.68. The summed E-state index contributed by atoms with van der Waals surface area (Å²) in [6, 6.07) is 0.707. The molecule has 3 nitrogen and oxygen atoms in total. The molecule has 1 aliphatic heterocycles. The molecule has 2 fully saturated rings. The minimum Gasteiger partial charge on any atom is -0.394 e. The highest BCUT2D eigenvalue weighted by Crippen LogP contribution is 2.35. The maximum absolute atomic E-state index is 9.72. The van der Waals surface area contributed by atoms with Crippen LogP contribution in [0.3, 0.4) is 0 Å². The van der Waals surface area contributed by atoms with Crippen molar-refractivity contribution in [2.24, 2.45) is 5.92 Å². The Balaban J connectivity index is 1.86. The van der Waals surface area contributed by atoms with E-state index in [0.29, 0.717) is 12.6 Å². The molecule has 18 heavy (non-hydrogen) atoms. The fourth-order valence-electron chi connectivity index (χ4n) is 3.69. The smallest absolute Gasteiger partial charge is 0.0613 e. The molecule has 3 heteroatoms. The van der Waals surface area contributed by atoms with Gasteiger partial charge in [0, 0.05) is 18.1 Å². The van der Waals surface area contributed by atoms with Gasteiger partial charge >= 0.3 is 0 Å². The minimum atomic E-state index is 0.0188. The van der Waals surface area contributed by atoms with Gasteiger partial charge < -0.3 is 15.3 Å². The summed E-state index contributed by atoms with van der Waals surface area (Å²) in [5, 5.41) is 13.3. The summed E-state index contributed by atoms with van der Waals surface area (Å²) in [6.07, 6.45) is 7.38. The zero-order valence-corrected chi connectivity index (χ0v) is 12.1. The Labute approximate surface area is 112 Å². The van der Waals surface area contributed by atoms with Crippen molar-refractivity contribution in [1.29, 1.82) is 0 Å². The van der Waals surface area contributed by atoms with E-state index < -0.39 is 0 Å². The highest BCUT2D eigenvalue weighted by molar-refractivity contribution is 5.00. The van der Waals surface area contributed by atoms with Crippen LogP contribution >= 0.6 is 0 Å². The van der Waals surface area contributed by atoms with Crippen LogP contribution in [0.25, 0.3) is 0 Å². The van der Waals surface area contributed by atoms with Gasteiger partial charge in [-0.15, -0.1) is 0 Å². The lowest BCUT2D eigenvalue weighted by molar-refractivity contribution is 0.149. The molecule has 3 atom stereocenters. The minimum absolute atomic E-state index is 0.0188. The molecule has 2 aliphatic rings. The normalized spacial score (nSPS) is 37.5. The van der Waals surface area contributed by atoms with Crippen molar-refractivity contribution in [2.45, 2.75) is 64.0 Å². The fraction of sp³-hybridized carbons (Fsp3) is 1.00. The Morgan fingerprint density at radius 2 is 2.17 bits per heavy atom. The lowest BCUT2D eigenvalue weighted by atomic mass is 9.98. The van der Waals surface area contributed by atoms with E-state index in [4.69, 9.17) is 0 Å². The molecule has 106 valence electrons. The fourth-order valence-corrected chi connectivity index (χ4v) is 3.69. The van der Waals surface area contributed by atoms with Crippen LogP contribution in [-0.2, 0) is 0 Å². The van der Waals surface area contributed by atoms with Gasteiger partial charge in [0.1, 0.15) is 0 Å². The molecule has 0 aromatic heterocycles. The molecular formula is C15H30N2O. The third-order valence-electron chi connectivity index (χ3n) is 5.05. The molecular weight excluding hydrogens is 224 g/mol. The Morgan fingerprint density at radius 3 is 2.78 bits per heavy atom. The molecule has 0 bridgehead atoms. The Hall–Kier alpha value is -0.120. The number of nitrogens with one attached hydrogen (secondary N) is 1. The number of rotatable bonds is 6. The number of aliphatic hydroxyl groups excluding tert-OH is 1. The average Bonchev–Trinajstić information content (AvgIpc) is 3.03. The molecule has 0 spiro atoms. The van der Waals surface area contributed by atoms with Crippen LogP contribution in [0.1, 0.15) is 52.4 Å². The van der Waals surface area contributed by atoms with E-state index in [1.165, 1.54) is 32.4 Å². The first-order valence-corrected chi connectivity index (χ1v) is 7.83. The third-order valence-corrected chi connectivity index (χ3v) is 5.05. The number of hydrogen-bond acceptors (Lipinski definition) is 3. The van der Waals surface area contributed by atoms with Crippen LogP contribution in [0.15, 0.2) is 0 Å². The van der Waals surface area contributed by atoms with Crippen LogP contribution in [0, 0.1) is 5.92 Å². The van der Waals surface area contributed by atoms with Gasteiger partial charge in [-0.2, -0.15) is 0 Å². The maximum Gasteiger partial charge on any atom is 0.0613 e. The highest BCUT2D eigenvalue weighted by atomic mass is 16.3. The van der Waals surface area contributed by atoms with Gasteiger partial charge in [0.25, 0.3) is 0 Å². The summed E-state index contributed by atoms with van der Waals surface area (Å²) >= 11 is 0. The first-order valence-electron chi connectivity index (χ1n) is 7.83. The Kier molecular flexibility index (Phi) is 5.05. The van der Waals surface area contributed by atoms with Crippen LogP contribution in [0.2, 0.25) is 0 Å². The van der Waals surface area contributed by atoms with E-state index >= 15 is 0 Å². The second kappa shape index (κ2) is 6.36. The molecule has 1 saturated heterocycles. The number of hydrogen-bond donors (Lipinski definition) is 2. The highest BCUT2D eigenvalue weighted by Gasteiger charge is 2.41. The summed E-state index contributed by atoms with van der Waals surface area (Å²) < 4.78 is 0. The van der Waals surface area contributed by atoms with Crippen molar-refractivity contribution in [3.63, 3.8) is 0 Å². The van der Waals surface area contributed by atoms with Gasteiger partial charge in [-0.1, -0.05) is 20.3 Å². The maximum atomic E-state index is 9.72. The Morgan fingerprint density at radius 1 is 1.33 bits per heavy atom. The molecule has 0 amide bonds. The van der Waals surface area contributed by atoms with Gasteiger partial charge in [0.05, 0.1) is 6.61 Å². The predicted octanol–water partition coefficient (Wildman–Crippen LogP) is 2.00. The van der Waals surface area contributed by atoms with Crippen LogP contribution in [0.5, 0.6) is 0 Å². The summed E-state index contributed by atoms with van der Waals surface area (Å²) in [6.45, 7) is 8.40. The molecule has 1 heterocycles. The molecule has 3 unspecified atom stereocenters. The lowest BCUT2D eigenvalue weighted by Crippen LogP contribution is -2.48. The van der Waals surface area contributed by atoms with Crippen LogP contribution in [-0.4, -0.2) is 47.8 Å². The first kappa shape index (κ1) is 14.3. The standard InChI is InChI=1S/C15H30N2O/c1-3-8-16-15(12-18)7-5-14(10-15)17-9-6-13(4-2)11-17/h13-14,16,18H,3-12H2,1-2H3. The number of aliphatic hydroxyl groups is 1. The van der Waals surface area contributed by atoms with Crippen LogP contribution in [0.4, 0.5) is 0 Å². The topological polar surface area (TPSA) is 35.5 Å². The van der Waals surface area contributed by atoms with Crippen molar-refractivity contribution in [2.75, 3.05) is 26.2 Å². The van der Waals surface area contributed by atoms with E-state index in [0.717, 1.165) is 31.7 Å². The molecule has 2 N–H and O–H groups in total. The summed E-state index contributed by atoms with van der Waals surface area (Å²) in [7, 11) is 0. The third kappa shape index (κ3) is 3.06. The van der Waals surface area contributed by atoms with Gasteiger partial charge in [-0.05, 0) is 51.1 Å². The monoisotopic (exact) mass is 254 g/mol. The largest absolute Gasteiger partial charge is 0.394 e. The van der Waals surface area contributed by atoms with Gasteiger partial charge in [-0.3, -0.25) is 0 Å².